The molecule has 1 unspecified atom stereocenters. The molecule has 0 aliphatic rings. The molecule has 0 radical (unpaired) electrons. The molecule has 2 aromatic rings. The van der Waals surface area contributed by atoms with Gasteiger partial charge in [-0.15, -0.1) is 0 Å². The third-order valence-electron chi connectivity index (χ3n) is 2.77. The number of aryl methyl sites for hydroxylation is 1. The van der Waals surface area contributed by atoms with Crippen molar-refractivity contribution >= 4 is 11.0 Å². The van der Waals surface area contributed by atoms with E-state index in [1.807, 2.05) is 11.6 Å². The lowest BCUT2D eigenvalue weighted by Crippen LogP contribution is -2.32. The molecule has 0 saturated heterocycles. The van der Waals surface area contributed by atoms with E-state index >= 15 is 0 Å². The maximum absolute atomic E-state index is 9.31. The van der Waals surface area contributed by atoms with Crippen molar-refractivity contribution in [2.75, 3.05) is 13.1 Å². The van der Waals surface area contributed by atoms with Crippen LogP contribution in [-0.4, -0.2) is 33.9 Å². The fourth-order valence-electron chi connectivity index (χ4n) is 1.76. The summed E-state index contributed by atoms with van der Waals surface area (Å²) in [7, 11) is 1.98. The van der Waals surface area contributed by atoms with Crippen LogP contribution in [0.3, 0.4) is 0 Å². The molecule has 5 heteroatoms. The van der Waals surface area contributed by atoms with Crippen LogP contribution < -0.4 is 11.1 Å². The SMILES string of the molecule is Cn1cnc2cc(CNCC(O)CN)ccc21. The zero-order chi connectivity index (χ0) is 12.3. The molecule has 0 aliphatic carbocycles. The van der Waals surface area contributed by atoms with E-state index in [-0.39, 0.29) is 6.54 Å². The number of imidazole rings is 1. The fraction of sp³-hybridized carbons (Fsp3) is 0.417. The molecular weight excluding hydrogens is 216 g/mol. The molecule has 0 aliphatic heterocycles. The van der Waals surface area contributed by atoms with E-state index in [0.29, 0.717) is 13.1 Å². The van der Waals surface area contributed by atoms with Gasteiger partial charge in [0.25, 0.3) is 0 Å². The topological polar surface area (TPSA) is 76.1 Å². The van der Waals surface area contributed by atoms with Crippen molar-refractivity contribution in [1.82, 2.24) is 14.9 Å². The van der Waals surface area contributed by atoms with Gasteiger partial charge in [0.05, 0.1) is 23.5 Å². The van der Waals surface area contributed by atoms with Crippen molar-refractivity contribution in [3.63, 3.8) is 0 Å². The van der Waals surface area contributed by atoms with Gasteiger partial charge in [-0.2, -0.15) is 0 Å². The standard InChI is InChI=1S/C12H18N4O/c1-16-8-15-11-4-9(2-3-12(11)16)6-14-7-10(17)5-13/h2-4,8,10,14,17H,5-7,13H2,1H3. The number of aliphatic hydroxyl groups is 1. The number of nitrogens with two attached hydrogens (primary N) is 1. The van der Waals surface area contributed by atoms with E-state index in [1.54, 1.807) is 6.33 Å². The number of aromatic nitrogens is 2. The minimum atomic E-state index is -0.478. The van der Waals surface area contributed by atoms with Crippen molar-refractivity contribution in [1.29, 1.82) is 0 Å². The van der Waals surface area contributed by atoms with Gasteiger partial charge in [0.2, 0.25) is 0 Å². The summed E-state index contributed by atoms with van der Waals surface area (Å²) in [6, 6.07) is 6.17. The van der Waals surface area contributed by atoms with Gasteiger partial charge in [0.1, 0.15) is 0 Å². The van der Waals surface area contributed by atoms with Crippen LogP contribution >= 0.6 is 0 Å². The minimum absolute atomic E-state index is 0.284. The maximum atomic E-state index is 9.31. The summed E-state index contributed by atoms with van der Waals surface area (Å²) >= 11 is 0. The molecule has 0 saturated carbocycles. The average molecular weight is 234 g/mol. The van der Waals surface area contributed by atoms with Crippen LogP contribution in [0.5, 0.6) is 0 Å². The first-order chi connectivity index (χ1) is 8.20. The van der Waals surface area contributed by atoms with E-state index in [2.05, 4.69) is 28.5 Å². The first kappa shape index (κ1) is 12.0. The van der Waals surface area contributed by atoms with Gasteiger partial charge in [0, 0.05) is 26.7 Å². The lowest BCUT2D eigenvalue weighted by Gasteiger charge is -2.09. The highest BCUT2D eigenvalue weighted by Crippen LogP contribution is 2.13. The van der Waals surface area contributed by atoms with E-state index in [9.17, 15) is 5.11 Å². The van der Waals surface area contributed by atoms with Crippen LogP contribution in [0.4, 0.5) is 0 Å². The number of nitrogens with zero attached hydrogens (tertiary/aromatic N) is 2. The van der Waals surface area contributed by atoms with E-state index < -0.39 is 6.10 Å². The van der Waals surface area contributed by atoms with Gasteiger partial charge in [-0.1, -0.05) is 6.07 Å². The van der Waals surface area contributed by atoms with Gasteiger partial charge >= 0.3 is 0 Å². The summed E-state index contributed by atoms with van der Waals surface area (Å²) in [5.41, 5.74) is 8.59. The highest BCUT2D eigenvalue weighted by molar-refractivity contribution is 5.75. The second-order valence-electron chi connectivity index (χ2n) is 4.20. The highest BCUT2D eigenvalue weighted by Gasteiger charge is 2.02. The lowest BCUT2D eigenvalue weighted by molar-refractivity contribution is 0.179. The second-order valence-corrected chi connectivity index (χ2v) is 4.20. The van der Waals surface area contributed by atoms with Crippen LogP contribution in [0.15, 0.2) is 24.5 Å². The molecule has 1 aromatic carbocycles. The smallest absolute Gasteiger partial charge is 0.0955 e. The summed E-state index contributed by atoms with van der Waals surface area (Å²) in [5.74, 6) is 0. The van der Waals surface area contributed by atoms with Crippen LogP contribution in [0.25, 0.3) is 11.0 Å². The molecular formula is C12H18N4O. The molecule has 5 nitrogen and oxygen atoms in total. The Bertz CT molecular complexity index is 494. The Labute approximate surface area is 100 Å². The van der Waals surface area contributed by atoms with Gasteiger partial charge in [-0.05, 0) is 17.7 Å². The number of aliphatic hydroxyl groups excluding tert-OH is 1. The lowest BCUT2D eigenvalue weighted by atomic mass is 10.2. The molecule has 2 rings (SSSR count). The molecule has 0 spiro atoms. The van der Waals surface area contributed by atoms with Crippen LogP contribution in [0.1, 0.15) is 5.56 Å². The normalized spacial score (nSPS) is 13.1. The van der Waals surface area contributed by atoms with Crippen molar-refractivity contribution in [3.8, 4) is 0 Å². The monoisotopic (exact) mass is 234 g/mol. The van der Waals surface area contributed by atoms with E-state index in [1.165, 1.54) is 0 Å². The quantitative estimate of drug-likeness (QED) is 0.679. The first-order valence-electron chi connectivity index (χ1n) is 5.69. The number of rotatable bonds is 5. The molecule has 92 valence electrons. The molecule has 0 fully saturated rings. The summed E-state index contributed by atoms with van der Waals surface area (Å²) < 4.78 is 1.99. The van der Waals surface area contributed by atoms with Crippen molar-refractivity contribution < 1.29 is 5.11 Å². The number of fused-ring (bicyclic) bond motifs is 1. The zero-order valence-electron chi connectivity index (χ0n) is 9.93. The highest BCUT2D eigenvalue weighted by atomic mass is 16.3. The Morgan fingerprint density at radius 1 is 1.53 bits per heavy atom. The largest absolute Gasteiger partial charge is 0.390 e. The molecule has 0 amide bonds. The molecule has 1 heterocycles. The molecule has 0 bridgehead atoms. The van der Waals surface area contributed by atoms with Crippen LogP contribution in [0, 0.1) is 0 Å². The summed E-state index contributed by atoms with van der Waals surface area (Å²) in [4.78, 5) is 4.30. The Morgan fingerprint density at radius 3 is 3.12 bits per heavy atom. The molecule has 17 heavy (non-hydrogen) atoms. The summed E-state index contributed by atoms with van der Waals surface area (Å²) in [6.45, 7) is 1.51. The van der Waals surface area contributed by atoms with Crippen LogP contribution in [0.2, 0.25) is 0 Å². The molecule has 4 N–H and O–H groups in total. The fourth-order valence-corrected chi connectivity index (χ4v) is 1.76. The number of nitrogens with one attached hydrogen (secondary N) is 1. The average Bonchev–Trinajstić information content (AvgIpc) is 2.70. The predicted octanol–water partition coefficient (Wildman–Crippen LogP) is -0.0175. The van der Waals surface area contributed by atoms with E-state index in [4.69, 9.17) is 5.73 Å². The summed E-state index contributed by atoms with van der Waals surface area (Å²) in [5, 5.41) is 12.5. The molecule has 1 aromatic heterocycles. The number of benzene rings is 1. The third kappa shape index (κ3) is 2.82. The Hall–Kier alpha value is -1.43. The molecule has 1 atom stereocenters. The van der Waals surface area contributed by atoms with Crippen LogP contribution in [-0.2, 0) is 13.6 Å². The van der Waals surface area contributed by atoms with Gasteiger partial charge < -0.3 is 20.7 Å². The second kappa shape index (κ2) is 5.27. The summed E-state index contributed by atoms with van der Waals surface area (Å²) in [6.07, 6.45) is 1.33. The number of hydrogen-bond acceptors (Lipinski definition) is 4. The first-order valence-corrected chi connectivity index (χ1v) is 5.69. The Balaban J connectivity index is 1.99. The predicted molar refractivity (Wildman–Crippen MR) is 67.5 cm³/mol. The van der Waals surface area contributed by atoms with Gasteiger partial charge in [0.15, 0.2) is 0 Å². The van der Waals surface area contributed by atoms with Gasteiger partial charge in [-0.25, -0.2) is 4.98 Å². The van der Waals surface area contributed by atoms with E-state index in [0.717, 1.165) is 16.6 Å². The van der Waals surface area contributed by atoms with Gasteiger partial charge in [-0.3, -0.25) is 0 Å². The van der Waals surface area contributed by atoms with Crippen molar-refractivity contribution in [2.45, 2.75) is 12.6 Å². The van der Waals surface area contributed by atoms with Crippen molar-refractivity contribution in [3.05, 3.63) is 30.1 Å². The Kier molecular flexibility index (Phi) is 3.73. The number of hydrogen-bond donors (Lipinski definition) is 3. The minimum Gasteiger partial charge on any atom is -0.390 e. The van der Waals surface area contributed by atoms with Crippen molar-refractivity contribution in [2.24, 2.45) is 12.8 Å². The third-order valence-corrected chi connectivity index (χ3v) is 2.77. The maximum Gasteiger partial charge on any atom is 0.0955 e. The zero-order valence-corrected chi connectivity index (χ0v) is 9.93. The Morgan fingerprint density at radius 2 is 2.35 bits per heavy atom.